The highest BCUT2D eigenvalue weighted by Crippen LogP contribution is 2.24. The largest absolute Gasteiger partial charge is 0.355 e. The van der Waals surface area contributed by atoms with Gasteiger partial charge in [-0.1, -0.05) is 91.0 Å². The van der Waals surface area contributed by atoms with Gasteiger partial charge in [-0.25, -0.2) is 0 Å². The fourth-order valence-electron chi connectivity index (χ4n) is 2.95. The molecule has 4 rings (SSSR count). The van der Waals surface area contributed by atoms with E-state index in [9.17, 15) is 0 Å². The van der Waals surface area contributed by atoms with Crippen LogP contribution in [-0.4, -0.2) is 0 Å². The molecule has 0 bridgehead atoms. The van der Waals surface area contributed by atoms with Crippen molar-refractivity contribution < 1.29 is 0 Å². The Bertz CT molecular complexity index is 1000. The van der Waals surface area contributed by atoms with Crippen molar-refractivity contribution >= 4 is 28.2 Å². The SMILES string of the molecule is C(=C(Nc1ccc2ccccc2c1)c1ccccc1)c1ccccc1. The fraction of sp³-hybridized carbons (Fsp3) is 0. The lowest BCUT2D eigenvalue weighted by Crippen LogP contribution is -1.98. The average Bonchev–Trinajstić information content (AvgIpc) is 2.69. The summed E-state index contributed by atoms with van der Waals surface area (Å²) in [4.78, 5) is 0. The van der Waals surface area contributed by atoms with Crippen molar-refractivity contribution in [2.24, 2.45) is 0 Å². The second kappa shape index (κ2) is 7.06. The zero-order valence-corrected chi connectivity index (χ0v) is 13.9. The van der Waals surface area contributed by atoms with Crippen molar-refractivity contribution in [1.29, 1.82) is 0 Å². The van der Waals surface area contributed by atoms with Gasteiger partial charge >= 0.3 is 0 Å². The van der Waals surface area contributed by atoms with Crippen LogP contribution in [0.25, 0.3) is 22.5 Å². The third-order valence-electron chi connectivity index (χ3n) is 4.22. The van der Waals surface area contributed by atoms with E-state index in [0.29, 0.717) is 0 Å². The summed E-state index contributed by atoms with van der Waals surface area (Å²) in [6.45, 7) is 0. The lowest BCUT2D eigenvalue weighted by molar-refractivity contribution is 1.54. The van der Waals surface area contributed by atoms with Gasteiger partial charge in [0.15, 0.2) is 0 Å². The lowest BCUT2D eigenvalue weighted by Gasteiger charge is -2.13. The molecule has 0 atom stereocenters. The van der Waals surface area contributed by atoms with Gasteiger partial charge in [-0.15, -0.1) is 0 Å². The van der Waals surface area contributed by atoms with E-state index in [2.05, 4.69) is 102 Å². The van der Waals surface area contributed by atoms with E-state index in [-0.39, 0.29) is 0 Å². The number of anilines is 1. The number of hydrogen-bond acceptors (Lipinski definition) is 1. The maximum Gasteiger partial charge on any atom is 0.0463 e. The Morgan fingerprint density at radius 2 is 1.24 bits per heavy atom. The third kappa shape index (κ3) is 3.61. The van der Waals surface area contributed by atoms with Crippen molar-refractivity contribution in [2.45, 2.75) is 0 Å². The molecule has 0 amide bonds. The van der Waals surface area contributed by atoms with Crippen LogP contribution in [0.3, 0.4) is 0 Å². The molecule has 1 nitrogen and oxygen atoms in total. The van der Waals surface area contributed by atoms with Gasteiger partial charge in [-0.05, 0) is 40.1 Å². The topological polar surface area (TPSA) is 12.0 Å². The van der Waals surface area contributed by atoms with Crippen molar-refractivity contribution in [2.75, 3.05) is 5.32 Å². The molecule has 0 saturated carbocycles. The molecule has 0 aromatic heterocycles. The smallest absolute Gasteiger partial charge is 0.0463 e. The Morgan fingerprint density at radius 1 is 0.600 bits per heavy atom. The number of rotatable bonds is 4. The molecule has 4 aromatic carbocycles. The van der Waals surface area contributed by atoms with Gasteiger partial charge in [0.25, 0.3) is 0 Å². The van der Waals surface area contributed by atoms with Crippen LogP contribution >= 0.6 is 0 Å². The van der Waals surface area contributed by atoms with E-state index in [1.807, 2.05) is 12.1 Å². The molecule has 0 aliphatic carbocycles. The van der Waals surface area contributed by atoms with Crippen molar-refractivity contribution in [3.8, 4) is 0 Å². The number of nitrogens with one attached hydrogen (secondary N) is 1. The molecule has 1 heteroatoms. The average molecular weight is 321 g/mol. The van der Waals surface area contributed by atoms with Gasteiger partial charge in [0.2, 0.25) is 0 Å². The predicted octanol–water partition coefficient (Wildman–Crippen LogP) is 6.45. The highest BCUT2D eigenvalue weighted by Gasteiger charge is 2.03. The Morgan fingerprint density at radius 3 is 2.00 bits per heavy atom. The normalized spacial score (nSPS) is 11.4. The molecular weight excluding hydrogens is 302 g/mol. The van der Waals surface area contributed by atoms with E-state index in [4.69, 9.17) is 0 Å². The van der Waals surface area contributed by atoms with Crippen LogP contribution in [0.4, 0.5) is 5.69 Å². The van der Waals surface area contributed by atoms with Crippen LogP contribution in [0.5, 0.6) is 0 Å². The van der Waals surface area contributed by atoms with Crippen LogP contribution in [0.15, 0.2) is 103 Å². The van der Waals surface area contributed by atoms with E-state index in [1.165, 1.54) is 21.9 Å². The maximum atomic E-state index is 3.60. The standard InChI is InChI=1S/C24H19N/c1-3-9-19(10-4-1)17-24(21-12-5-2-6-13-21)25-23-16-15-20-11-7-8-14-22(20)18-23/h1-18,25H. The number of fused-ring (bicyclic) bond motifs is 1. The molecule has 0 aliphatic heterocycles. The molecule has 0 spiro atoms. The highest BCUT2D eigenvalue weighted by atomic mass is 14.9. The summed E-state index contributed by atoms with van der Waals surface area (Å²) in [5, 5.41) is 6.08. The van der Waals surface area contributed by atoms with Crippen molar-refractivity contribution in [1.82, 2.24) is 0 Å². The van der Waals surface area contributed by atoms with Crippen LogP contribution in [0.2, 0.25) is 0 Å². The molecule has 0 heterocycles. The van der Waals surface area contributed by atoms with Gasteiger partial charge in [-0.2, -0.15) is 0 Å². The quantitative estimate of drug-likeness (QED) is 0.426. The first-order chi connectivity index (χ1) is 12.4. The molecule has 120 valence electrons. The first-order valence-corrected chi connectivity index (χ1v) is 8.46. The Kier molecular flexibility index (Phi) is 4.30. The van der Waals surface area contributed by atoms with E-state index in [0.717, 1.165) is 11.4 Å². The highest BCUT2D eigenvalue weighted by molar-refractivity contribution is 5.92. The summed E-state index contributed by atoms with van der Waals surface area (Å²) in [6.07, 6.45) is 2.19. The van der Waals surface area contributed by atoms with Gasteiger partial charge in [-0.3, -0.25) is 0 Å². The van der Waals surface area contributed by atoms with Crippen LogP contribution in [-0.2, 0) is 0 Å². The molecule has 0 saturated heterocycles. The summed E-state index contributed by atoms with van der Waals surface area (Å²) in [7, 11) is 0. The molecule has 0 fully saturated rings. The zero-order chi connectivity index (χ0) is 16.9. The first-order valence-electron chi connectivity index (χ1n) is 8.46. The molecule has 25 heavy (non-hydrogen) atoms. The molecule has 0 radical (unpaired) electrons. The predicted molar refractivity (Wildman–Crippen MR) is 108 cm³/mol. The Labute approximate surface area is 148 Å². The molecule has 1 N–H and O–H groups in total. The van der Waals surface area contributed by atoms with Gasteiger partial charge < -0.3 is 5.32 Å². The third-order valence-corrected chi connectivity index (χ3v) is 4.22. The van der Waals surface area contributed by atoms with Crippen molar-refractivity contribution in [3.05, 3.63) is 114 Å². The summed E-state index contributed by atoms with van der Waals surface area (Å²) < 4.78 is 0. The summed E-state index contributed by atoms with van der Waals surface area (Å²) in [5.41, 5.74) is 4.51. The second-order valence-corrected chi connectivity index (χ2v) is 6.02. The second-order valence-electron chi connectivity index (χ2n) is 6.02. The molecule has 0 aliphatic rings. The molecule has 4 aromatic rings. The van der Waals surface area contributed by atoms with Crippen LogP contribution in [0.1, 0.15) is 11.1 Å². The van der Waals surface area contributed by atoms with E-state index >= 15 is 0 Å². The monoisotopic (exact) mass is 321 g/mol. The summed E-state index contributed by atoms with van der Waals surface area (Å²) in [6, 6.07) is 35.7. The van der Waals surface area contributed by atoms with Gasteiger partial charge in [0, 0.05) is 11.4 Å². The van der Waals surface area contributed by atoms with Crippen molar-refractivity contribution in [3.63, 3.8) is 0 Å². The van der Waals surface area contributed by atoms with Crippen LogP contribution in [0, 0.1) is 0 Å². The minimum atomic E-state index is 1.09. The van der Waals surface area contributed by atoms with E-state index in [1.54, 1.807) is 0 Å². The number of benzene rings is 4. The summed E-state index contributed by atoms with van der Waals surface area (Å²) >= 11 is 0. The minimum Gasteiger partial charge on any atom is -0.355 e. The summed E-state index contributed by atoms with van der Waals surface area (Å²) in [5.74, 6) is 0. The lowest BCUT2D eigenvalue weighted by atomic mass is 10.1. The van der Waals surface area contributed by atoms with E-state index < -0.39 is 0 Å². The Hall–Kier alpha value is -3.32. The zero-order valence-electron chi connectivity index (χ0n) is 13.9. The van der Waals surface area contributed by atoms with Crippen LogP contribution < -0.4 is 5.32 Å². The minimum absolute atomic E-state index is 1.09. The Balaban J connectivity index is 1.74. The molecule has 0 unspecified atom stereocenters. The van der Waals surface area contributed by atoms with Gasteiger partial charge in [0.05, 0.1) is 0 Å². The fourth-order valence-corrected chi connectivity index (χ4v) is 2.95. The molecular formula is C24H19N. The first kappa shape index (κ1) is 15.2. The number of hydrogen-bond donors (Lipinski definition) is 1. The van der Waals surface area contributed by atoms with Gasteiger partial charge in [0.1, 0.15) is 0 Å². The maximum absolute atomic E-state index is 3.60.